The first-order chi connectivity index (χ1) is 8.36. The molecule has 1 aromatic rings. The highest BCUT2D eigenvalue weighted by molar-refractivity contribution is 7.11. The molecule has 17 heavy (non-hydrogen) atoms. The Hall–Kier alpha value is -0.450. The first-order valence-corrected chi connectivity index (χ1v) is 7.47. The molecule has 0 aliphatic heterocycles. The molecular formula is C13H20N2OS. The highest BCUT2D eigenvalue weighted by atomic mass is 32.1. The van der Waals surface area contributed by atoms with Crippen molar-refractivity contribution in [1.29, 1.82) is 0 Å². The zero-order valence-corrected chi connectivity index (χ0v) is 10.9. The van der Waals surface area contributed by atoms with E-state index in [1.54, 1.807) is 0 Å². The molecule has 1 atom stereocenters. The summed E-state index contributed by atoms with van der Waals surface area (Å²) in [5.41, 5.74) is 0. The molecule has 2 N–H and O–H groups in total. The second kappa shape index (κ2) is 5.04. The molecule has 0 radical (unpaired) electrons. The lowest BCUT2D eigenvalue weighted by Crippen LogP contribution is -2.33. The molecule has 0 amide bonds. The lowest BCUT2D eigenvalue weighted by atomic mass is 9.86. The smallest absolute Gasteiger partial charge is 0.0959 e. The van der Waals surface area contributed by atoms with Crippen LogP contribution in [0.3, 0.4) is 0 Å². The van der Waals surface area contributed by atoms with Crippen molar-refractivity contribution in [1.82, 2.24) is 10.3 Å². The quantitative estimate of drug-likeness (QED) is 0.816. The van der Waals surface area contributed by atoms with Gasteiger partial charge in [-0.25, -0.2) is 4.98 Å². The van der Waals surface area contributed by atoms with Gasteiger partial charge in [0.25, 0.3) is 0 Å². The van der Waals surface area contributed by atoms with Crippen LogP contribution in [0.15, 0.2) is 6.20 Å². The summed E-state index contributed by atoms with van der Waals surface area (Å²) in [6.45, 7) is 1.13. The van der Waals surface area contributed by atoms with Gasteiger partial charge in [0.05, 0.1) is 11.6 Å². The number of aliphatic hydroxyl groups excluding tert-OH is 1. The minimum absolute atomic E-state index is 0.263. The van der Waals surface area contributed by atoms with Crippen LogP contribution in [0.1, 0.15) is 47.9 Å². The second-order valence-electron chi connectivity index (χ2n) is 5.30. The summed E-state index contributed by atoms with van der Waals surface area (Å²) in [5, 5.41) is 14.1. The maximum Gasteiger partial charge on any atom is 0.0959 e. The maximum atomic E-state index is 9.28. The molecule has 2 fully saturated rings. The Bertz CT molecular complexity index is 371. The Morgan fingerprint density at radius 1 is 1.41 bits per heavy atom. The first-order valence-electron chi connectivity index (χ1n) is 6.65. The van der Waals surface area contributed by atoms with E-state index in [1.165, 1.54) is 42.0 Å². The highest BCUT2D eigenvalue weighted by Gasteiger charge is 2.30. The Labute approximate surface area is 106 Å². The number of nitrogens with one attached hydrogen (secondary N) is 1. The zero-order valence-electron chi connectivity index (χ0n) is 10.1. The first kappa shape index (κ1) is 11.6. The lowest BCUT2D eigenvalue weighted by Gasteiger charge is -2.22. The van der Waals surface area contributed by atoms with Crippen LogP contribution in [-0.4, -0.2) is 22.7 Å². The fourth-order valence-corrected chi connectivity index (χ4v) is 3.40. The molecule has 0 saturated heterocycles. The van der Waals surface area contributed by atoms with Gasteiger partial charge in [-0.05, 0) is 31.6 Å². The summed E-state index contributed by atoms with van der Waals surface area (Å²) in [6, 6.07) is 0.296. The van der Waals surface area contributed by atoms with Gasteiger partial charge in [0.15, 0.2) is 0 Å². The van der Waals surface area contributed by atoms with E-state index in [4.69, 9.17) is 0 Å². The Balaban J connectivity index is 1.51. The van der Waals surface area contributed by atoms with Gasteiger partial charge in [-0.3, -0.25) is 0 Å². The summed E-state index contributed by atoms with van der Waals surface area (Å²) in [7, 11) is 0. The van der Waals surface area contributed by atoms with Gasteiger partial charge in [-0.2, -0.15) is 0 Å². The number of hydrogen-bond acceptors (Lipinski definition) is 4. The second-order valence-corrected chi connectivity index (χ2v) is 6.45. The van der Waals surface area contributed by atoms with Crippen molar-refractivity contribution < 1.29 is 5.11 Å². The van der Waals surface area contributed by atoms with Gasteiger partial charge < -0.3 is 10.4 Å². The molecular weight excluding hydrogens is 232 g/mol. The van der Waals surface area contributed by atoms with Crippen LogP contribution in [0, 0.1) is 5.92 Å². The molecule has 0 bridgehead atoms. The van der Waals surface area contributed by atoms with Gasteiger partial charge in [-0.15, -0.1) is 11.3 Å². The van der Waals surface area contributed by atoms with Crippen molar-refractivity contribution in [2.45, 2.75) is 50.6 Å². The van der Waals surface area contributed by atoms with Crippen LogP contribution in [0.25, 0.3) is 0 Å². The summed E-state index contributed by atoms with van der Waals surface area (Å²) in [4.78, 5) is 5.83. The fourth-order valence-electron chi connectivity index (χ4n) is 2.36. The van der Waals surface area contributed by atoms with Crippen LogP contribution in [0.5, 0.6) is 0 Å². The normalized spacial score (nSPS) is 22.4. The van der Waals surface area contributed by atoms with Crippen molar-refractivity contribution in [2.75, 3.05) is 6.61 Å². The van der Waals surface area contributed by atoms with Crippen molar-refractivity contribution >= 4 is 11.3 Å². The fraction of sp³-hybridized carbons (Fsp3) is 0.769. The Morgan fingerprint density at radius 3 is 2.82 bits per heavy atom. The van der Waals surface area contributed by atoms with Gasteiger partial charge in [-0.1, -0.05) is 6.42 Å². The molecule has 2 aliphatic carbocycles. The minimum atomic E-state index is 0.263. The Kier molecular flexibility index (Phi) is 3.45. The lowest BCUT2D eigenvalue weighted by molar-refractivity contribution is 0.228. The maximum absolute atomic E-state index is 9.28. The van der Waals surface area contributed by atoms with Crippen LogP contribution in [-0.2, 0) is 6.54 Å². The zero-order chi connectivity index (χ0) is 11.7. The van der Waals surface area contributed by atoms with Crippen LogP contribution < -0.4 is 5.32 Å². The standard InChI is InChI=1S/C13H20N2OS/c16-8-12(9-4-5-9)14-6-11-7-15-13(17-11)10-2-1-3-10/h7,9-10,12,14,16H,1-6,8H2/t12-/m0/s1. The van der Waals surface area contributed by atoms with E-state index in [1.807, 2.05) is 17.5 Å². The molecule has 0 spiro atoms. The Morgan fingerprint density at radius 2 is 2.24 bits per heavy atom. The van der Waals surface area contributed by atoms with E-state index in [9.17, 15) is 5.11 Å². The van der Waals surface area contributed by atoms with Crippen molar-refractivity contribution in [3.05, 3.63) is 16.1 Å². The molecule has 3 nitrogen and oxygen atoms in total. The predicted molar refractivity (Wildman–Crippen MR) is 69.1 cm³/mol. The number of aromatic nitrogens is 1. The van der Waals surface area contributed by atoms with Gasteiger partial charge in [0.1, 0.15) is 0 Å². The van der Waals surface area contributed by atoms with E-state index in [0.29, 0.717) is 12.0 Å². The van der Waals surface area contributed by atoms with Crippen molar-refractivity contribution in [3.8, 4) is 0 Å². The molecule has 2 aliphatic rings. The SMILES string of the molecule is OC[C@H](NCc1cnc(C2CCC2)s1)C1CC1. The largest absolute Gasteiger partial charge is 0.395 e. The van der Waals surface area contributed by atoms with Crippen LogP contribution >= 0.6 is 11.3 Å². The predicted octanol–water partition coefficient (Wildman–Crippen LogP) is 2.27. The van der Waals surface area contributed by atoms with Crippen LogP contribution in [0.4, 0.5) is 0 Å². The highest BCUT2D eigenvalue weighted by Crippen LogP contribution is 2.38. The van der Waals surface area contributed by atoms with Gasteiger partial charge in [0.2, 0.25) is 0 Å². The van der Waals surface area contributed by atoms with E-state index in [-0.39, 0.29) is 6.61 Å². The summed E-state index contributed by atoms with van der Waals surface area (Å²) >= 11 is 1.85. The average Bonchev–Trinajstić information content (AvgIpc) is 2.99. The number of hydrogen-bond donors (Lipinski definition) is 2. The molecule has 1 heterocycles. The number of rotatable bonds is 6. The number of aliphatic hydroxyl groups is 1. The third-order valence-corrected chi connectivity index (χ3v) is 5.11. The number of thiazole rings is 1. The van der Waals surface area contributed by atoms with Gasteiger partial charge in [0, 0.05) is 29.6 Å². The monoisotopic (exact) mass is 252 g/mol. The minimum Gasteiger partial charge on any atom is -0.395 e. The molecule has 0 aromatic carbocycles. The molecule has 4 heteroatoms. The van der Waals surface area contributed by atoms with E-state index >= 15 is 0 Å². The van der Waals surface area contributed by atoms with E-state index in [2.05, 4.69) is 10.3 Å². The number of nitrogens with zero attached hydrogens (tertiary/aromatic N) is 1. The molecule has 2 saturated carbocycles. The van der Waals surface area contributed by atoms with E-state index in [0.717, 1.165) is 12.5 Å². The van der Waals surface area contributed by atoms with Crippen molar-refractivity contribution in [3.63, 3.8) is 0 Å². The average molecular weight is 252 g/mol. The molecule has 3 rings (SSSR count). The third kappa shape index (κ3) is 2.69. The van der Waals surface area contributed by atoms with Gasteiger partial charge >= 0.3 is 0 Å². The molecule has 94 valence electrons. The summed E-state index contributed by atoms with van der Waals surface area (Å²) in [5.74, 6) is 1.45. The van der Waals surface area contributed by atoms with Crippen LogP contribution in [0.2, 0.25) is 0 Å². The summed E-state index contributed by atoms with van der Waals surface area (Å²) < 4.78 is 0. The molecule has 0 unspecified atom stereocenters. The topological polar surface area (TPSA) is 45.1 Å². The van der Waals surface area contributed by atoms with E-state index < -0.39 is 0 Å². The van der Waals surface area contributed by atoms with Crippen molar-refractivity contribution in [2.24, 2.45) is 5.92 Å². The third-order valence-electron chi connectivity index (χ3n) is 3.95. The molecule has 1 aromatic heterocycles. The summed E-state index contributed by atoms with van der Waals surface area (Å²) in [6.07, 6.45) is 8.56.